The SMILES string of the molecule is CCC(CN)NC(=O)[C@H]1CCCO1. The molecule has 0 spiro atoms. The minimum absolute atomic E-state index is 0.00481. The van der Waals surface area contributed by atoms with E-state index in [0.29, 0.717) is 13.2 Å². The largest absolute Gasteiger partial charge is 0.368 e. The lowest BCUT2D eigenvalue weighted by Gasteiger charge is -2.17. The molecule has 0 aliphatic carbocycles. The molecule has 1 aliphatic rings. The van der Waals surface area contributed by atoms with E-state index >= 15 is 0 Å². The zero-order valence-electron chi connectivity index (χ0n) is 8.08. The highest BCUT2D eigenvalue weighted by Crippen LogP contribution is 2.11. The summed E-state index contributed by atoms with van der Waals surface area (Å²) in [6, 6.07) is 0.0942. The summed E-state index contributed by atoms with van der Waals surface area (Å²) in [6.45, 7) is 3.21. The molecule has 3 N–H and O–H groups in total. The molecule has 1 unspecified atom stereocenters. The van der Waals surface area contributed by atoms with Crippen molar-refractivity contribution in [3.8, 4) is 0 Å². The second kappa shape index (κ2) is 5.19. The smallest absolute Gasteiger partial charge is 0.249 e. The number of hydrogen-bond donors (Lipinski definition) is 2. The average Bonchev–Trinajstić information content (AvgIpc) is 2.66. The summed E-state index contributed by atoms with van der Waals surface area (Å²) in [7, 11) is 0. The summed E-state index contributed by atoms with van der Waals surface area (Å²) in [5.41, 5.74) is 5.47. The predicted octanol–water partition coefficient (Wildman–Crippen LogP) is 0.0189. The van der Waals surface area contributed by atoms with Crippen molar-refractivity contribution in [1.82, 2.24) is 5.32 Å². The van der Waals surface area contributed by atoms with Crippen LogP contribution in [-0.2, 0) is 9.53 Å². The van der Waals surface area contributed by atoms with Crippen LogP contribution in [-0.4, -0.2) is 31.2 Å². The van der Waals surface area contributed by atoms with E-state index in [2.05, 4.69) is 5.32 Å². The Morgan fingerprint density at radius 2 is 2.54 bits per heavy atom. The maximum atomic E-state index is 11.5. The fourth-order valence-corrected chi connectivity index (χ4v) is 1.41. The maximum Gasteiger partial charge on any atom is 0.249 e. The summed E-state index contributed by atoms with van der Waals surface area (Å²) in [5.74, 6) is -0.00481. The first-order chi connectivity index (χ1) is 6.27. The van der Waals surface area contributed by atoms with Crippen LogP contribution in [0, 0.1) is 0 Å². The molecule has 1 fully saturated rings. The van der Waals surface area contributed by atoms with Crippen LogP contribution in [0.5, 0.6) is 0 Å². The van der Waals surface area contributed by atoms with Crippen molar-refractivity contribution in [2.45, 2.75) is 38.3 Å². The van der Waals surface area contributed by atoms with E-state index in [1.54, 1.807) is 0 Å². The van der Waals surface area contributed by atoms with Gasteiger partial charge in [0.25, 0.3) is 0 Å². The van der Waals surface area contributed by atoms with Crippen LogP contribution < -0.4 is 11.1 Å². The fourth-order valence-electron chi connectivity index (χ4n) is 1.41. The Hall–Kier alpha value is -0.610. The molecule has 1 aliphatic heterocycles. The summed E-state index contributed by atoms with van der Waals surface area (Å²) in [5, 5.41) is 2.87. The Morgan fingerprint density at radius 3 is 3.00 bits per heavy atom. The first kappa shape index (κ1) is 10.5. The molecule has 0 saturated carbocycles. The van der Waals surface area contributed by atoms with E-state index in [1.807, 2.05) is 6.92 Å². The summed E-state index contributed by atoms with van der Waals surface area (Å²) in [4.78, 5) is 11.5. The standard InChI is InChI=1S/C9H18N2O2/c1-2-7(6-10)11-9(12)8-4-3-5-13-8/h7-8H,2-6,10H2,1H3,(H,11,12)/t7?,8-/m1/s1. The zero-order valence-corrected chi connectivity index (χ0v) is 8.08. The highest BCUT2D eigenvalue weighted by molar-refractivity contribution is 5.81. The Morgan fingerprint density at radius 1 is 1.77 bits per heavy atom. The third-order valence-electron chi connectivity index (χ3n) is 2.35. The number of hydrogen-bond acceptors (Lipinski definition) is 3. The molecular formula is C9H18N2O2. The van der Waals surface area contributed by atoms with Gasteiger partial charge in [0.15, 0.2) is 0 Å². The van der Waals surface area contributed by atoms with Gasteiger partial charge in [0.1, 0.15) is 6.10 Å². The second-order valence-corrected chi connectivity index (χ2v) is 3.35. The highest BCUT2D eigenvalue weighted by Gasteiger charge is 2.24. The predicted molar refractivity (Wildman–Crippen MR) is 50.3 cm³/mol. The van der Waals surface area contributed by atoms with E-state index in [9.17, 15) is 4.79 Å². The molecule has 0 aromatic heterocycles. The first-order valence-electron chi connectivity index (χ1n) is 4.90. The summed E-state index contributed by atoms with van der Waals surface area (Å²) in [6.07, 6.45) is 2.46. The van der Waals surface area contributed by atoms with Crippen LogP contribution in [0.1, 0.15) is 26.2 Å². The molecule has 0 aromatic carbocycles. The van der Waals surface area contributed by atoms with Crippen LogP contribution in [0.25, 0.3) is 0 Å². The number of nitrogens with two attached hydrogens (primary N) is 1. The lowest BCUT2D eigenvalue weighted by Crippen LogP contribution is -2.44. The number of rotatable bonds is 4. The molecule has 0 radical (unpaired) electrons. The minimum atomic E-state index is -0.236. The molecule has 4 heteroatoms. The summed E-state index contributed by atoms with van der Waals surface area (Å²) >= 11 is 0. The minimum Gasteiger partial charge on any atom is -0.368 e. The van der Waals surface area contributed by atoms with Crippen molar-refractivity contribution < 1.29 is 9.53 Å². The second-order valence-electron chi connectivity index (χ2n) is 3.35. The van der Waals surface area contributed by atoms with Crippen LogP contribution >= 0.6 is 0 Å². The van der Waals surface area contributed by atoms with Gasteiger partial charge in [0.2, 0.25) is 5.91 Å². The van der Waals surface area contributed by atoms with Gasteiger partial charge in [-0.3, -0.25) is 4.79 Å². The first-order valence-corrected chi connectivity index (χ1v) is 4.90. The van der Waals surface area contributed by atoms with Gasteiger partial charge in [-0.2, -0.15) is 0 Å². The van der Waals surface area contributed by atoms with E-state index in [1.165, 1.54) is 0 Å². The van der Waals surface area contributed by atoms with Crippen molar-refractivity contribution in [1.29, 1.82) is 0 Å². The van der Waals surface area contributed by atoms with Crippen LogP contribution in [0.4, 0.5) is 0 Å². The van der Waals surface area contributed by atoms with E-state index in [4.69, 9.17) is 10.5 Å². The van der Waals surface area contributed by atoms with E-state index < -0.39 is 0 Å². The van der Waals surface area contributed by atoms with Gasteiger partial charge in [0, 0.05) is 19.2 Å². The van der Waals surface area contributed by atoms with Gasteiger partial charge in [-0.05, 0) is 19.3 Å². The number of amides is 1. The molecule has 0 aromatic rings. The Kier molecular flexibility index (Phi) is 4.18. The molecule has 1 saturated heterocycles. The van der Waals surface area contributed by atoms with Gasteiger partial charge in [0.05, 0.1) is 0 Å². The molecule has 1 rings (SSSR count). The molecule has 1 amide bonds. The van der Waals surface area contributed by atoms with Crippen molar-refractivity contribution in [3.63, 3.8) is 0 Å². The van der Waals surface area contributed by atoms with Crippen molar-refractivity contribution in [2.75, 3.05) is 13.2 Å². The maximum absolute atomic E-state index is 11.5. The molecule has 1 heterocycles. The molecular weight excluding hydrogens is 168 g/mol. The number of carbonyl (C=O) groups excluding carboxylic acids is 1. The summed E-state index contributed by atoms with van der Waals surface area (Å²) < 4.78 is 5.25. The molecule has 2 atom stereocenters. The van der Waals surface area contributed by atoms with Gasteiger partial charge in [-0.1, -0.05) is 6.92 Å². The Labute approximate surface area is 78.8 Å². The molecule has 4 nitrogen and oxygen atoms in total. The fraction of sp³-hybridized carbons (Fsp3) is 0.889. The molecule has 0 bridgehead atoms. The normalized spacial score (nSPS) is 24.3. The molecule has 76 valence electrons. The zero-order chi connectivity index (χ0) is 9.68. The average molecular weight is 186 g/mol. The van der Waals surface area contributed by atoms with E-state index in [-0.39, 0.29) is 18.1 Å². The van der Waals surface area contributed by atoms with Crippen molar-refractivity contribution >= 4 is 5.91 Å². The number of carbonyl (C=O) groups is 1. The van der Waals surface area contributed by atoms with Crippen LogP contribution in [0.3, 0.4) is 0 Å². The Bertz CT molecular complexity index is 163. The van der Waals surface area contributed by atoms with Gasteiger partial charge < -0.3 is 15.8 Å². The third-order valence-corrected chi connectivity index (χ3v) is 2.35. The third kappa shape index (κ3) is 2.97. The quantitative estimate of drug-likeness (QED) is 0.650. The van der Waals surface area contributed by atoms with Crippen LogP contribution in [0.15, 0.2) is 0 Å². The van der Waals surface area contributed by atoms with E-state index in [0.717, 1.165) is 19.3 Å². The van der Waals surface area contributed by atoms with Crippen LogP contribution in [0.2, 0.25) is 0 Å². The lowest BCUT2D eigenvalue weighted by atomic mass is 10.2. The lowest BCUT2D eigenvalue weighted by molar-refractivity contribution is -0.130. The monoisotopic (exact) mass is 186 g/mol. The number of nitrogens with one attached hydrogen (secondary N) is 1. The number of ether oxygens (including phenoxy) is 1. The highest BCUT2D eigenvalue weighted by atomic mass is 16.5. The molecule has 13 heavy (non-hydrogen) atoms. The van der Waals surface area contributed by atoms with Crippen molar-refractivity contribution in [3.05, 3.63) is 0 Å². The Balaban J connectivity index is 2.30. The van der Waals surface area contributed by atoms with Gasteiger partial charge in [-0.15, -0.1) is 0 Å². The van der Waals surface area contributed by atoms with Gasteiger partial charge in [-0.25, -0.2) is 0 Å². The van der Waals surface area contributed by atoms with Crippen molar-refractivity contribution in [2.24, 2.45) is 5.73 Å². The topological polar surface area (TPSA) is 64.3 Å². The van der Waals surface area contributed by atoms with Gasteiger partial charge >= 0.3 is 0 Å².